The lowest BCUT2D eigenvalue weighted by atomic mass is 9.83. The quantitative estimate of drug-likeness (QED) is 0.826. The third-order valence-corrected chi connectivity index (χ3v) is 4.30. The topological polar surface area (TPSA) is 35.8 Å². The second kappa shape index (κ2) is 5.48. The number of rotatable bonds is 2. The summed E-state index contributed by atoms with van der Waals surface area (Å²) >= 11 is 0. The highest BCUT2D eigenvalue weighted by atomic mass is 19.4. The van der Waals surface area contributed by atoms with E-state index in [9.17, 15) is 13.2 Å². The van der Waals surface area contributed by atoms with Crippen molar-refractivity contribution in [3.05, 3.63) is 0 Å². The van der Waals surface area contributed by atoms with Crippen LogP contribution in [0.4, 0.5) is 13.2 Å². The van der Waals surface area contributed by atoms with E-state index in [-0.39, 0.29) is 18.4 Å². The van der Waals surface area contributed by atoms with E-state index in [2.05, 4.69) is 11.4 Å². The van der Waals surface area contributed by atoms with E-state index in [4.69, 9.17) is 5.26 Å². The first-order valence-electron chi connectivity index (χ1n) is 6.74. The molecule has 0 radical (unpaired) electrons. The third kappa shape index (κ3) is 2.97. The fourth-order valence-electron chi connectivity index (χ4n) is 3.31. The summed E-state index contributed by atoms with van der Waals surface area (Å²) in [5.74, 6) is -1.34. The Morgan fingerprint density at radius 3 is 2.28 bits per heavy atom. The molecule has 2 nitrogen and oxygen atoms in total. The second-order valence-electron chi connectivity index (χ2n) is 5.48. The van der Waals surface area contributed by atoms with E-state index in [0.717, 1.165) is 25.7 Å². The zero-order valence-electron chi connectivity index (χ0n) is 10.3. The zero-order chi connectivity index (χ0) is 13.2. The van der Waals surface area contributed by atoms with Gasteiger partial charge in [-0.15, -0.1) is 0 Å². The number of nitrogens with zero attached hydrogens (tertiary/aromatic N) is 1. The number of hydrogen-bond donors (Lipinski definition) is 1. The van der Waals surface area contributed by atoms with Crippen LogP contribution in [0.1, 0.15) is 44.9 Å². The van der Waals surface area contributed by atoms with E-state index in [0.29, 0.717) is 12.8 Å². The molecule has 5 heteroatoms. The van der Waals surface area contributed by atoms with Crippen LogP contribution in [0.2, 0.25) is 0 Å². The molecule has 2 rings (SSSR count). The Morgan fingerprint density at radius 2 is 1.61 bits per heavy atom. The zero-order valence-corrected chi connectivity index (χ0v) is 10.3. The molecule has 102 valence electrons. The standard InChI is InChI=1S/C13H19F3N2/c14-13(15,16)10-5-1-2-6-12(10)18-11-7-3-4-9(11)8-17/h9-12,18H,1-7H2. The van der Waals surface area contributed by atoms with E-state index in [1.165, 1.54) is 0 Å². The average Bonchev–Trinajstić information content (AvgIpc) is 2.75. The molecule has 2 saturated carbocycles. The molecular weight excluding hydrogens is 241 g/mol. The van der Waals surface area contributed by atoms with E-state index in [1.54, 1.807) is 0 Å². The SMILES string of the molecule is N#CC1CCCC1NC1CCCCC1C(F)(F)F. The van der Waals surface area contributed by atoms with Gasteiger partial charge in [0, 0.05) is 12.1 Å². The summed E-state index contributed by atoms with van der Waals surface area (Å²) in [6.45, 7) is 0. The second-order valence-corrected chi connectivity index (χ2v) is 5.48. The van der Waals surface area contributed by atoms with Gasteiger partial charge in [-0.1, -0.05) is 19.3 Å². The minimum atomic E-state index is -4.11. The molecule has 0 aromatic heterocycles. The minimum Gasteiger partial charge on any atom is -0.309 e. The maximum Gasteiger partial charge on any atom is 0.393 e. The molecule has 4 atom stereocenters. The molecule has 0 spiro atoms. The van der Waals surface area contributed by atoms with Gasteiger partial charge in [0.05, 0.1) is 17.9 Å². The number of nitriles is 1. The molecule has 0 aromatic carbocycles. The van der Waals surface area contributed by atoms with Crippen LogP contribution < -0.4 is 5.32 Å². The van der Waals surface area contributed by atoms with Crippen molar-refractivity contribution in [3.63, 3.8) is 0 Å². The van der Waals surface area contributed by atoms with Crippen molar-refractivity contribution in [2.45, 2.75) is 63.2 Å². The summed E-state index contributed by atoms with van der Waals surface area (Å²) in [5.41, 5.74) is 0. The van der Waals surface area contributed by atoms with E-state index >= 15 is 0 Å². The van der Waals surface area contributed by atoms with Crippen molar-refractivity contribution in [2.75, 3.05) is 0 Å². The lowest BCUT2D eigenvalue weighted by Crippen LogP contribution is -2.50. The van der Waals surface area contributed by atoms with Crippen LogP contribution >= 0.6 is 0 Å². The predicted molar refractivity (Wildman–Crippen MR) is 61.7 cm³/mol. The molecular formula is C13H19F3N2. The summed E-state index contributed by atoms with van der Waals surface area (Å²) < 4.78 is 38.8. The van der Waals surface area contributed by atoms with Crippen molar-refractivity contribution in [1.82, 2.24) is 5.32 Å². The van der Waals surface area contributed by atoms with Crippen LogP contribution in [0.15, 0.2) is 0 Å². The highest BCUT2D eigenvalue weighted by Crippen LogP contribution is 2.39. The largest absolute Gasteiger partial charge is 0.393 e. The van der Waals surface area contributed by atoms with Crippen molar-refractivity contribution in [1.29, 1.82) is 5.26 Å². The highest BCUT2D eigenvalue weighted by Gasteiger charge is 2.46. The molecule has 18 heavy (non-hydrogen) atoms. The number of halogens is 3. The van der Waals surface area contributed by atoms with Crippen molar-refractivity contribution in [2.24, 2.45) is 11.8 Å². The Balaban J connectivity index is 2.00. The molecule has 2 aliphatic carbocycles. The lowest BCUT2D eigenvalue weighted by Gasteiger charge is -2.36. The first kappa shape index (κ1) is 13.7. The maximum absolute atomic E-state index is 12.9. The summed E-state index contributed by atoms with van der Waals surface area (Å²) in [5, 5.41) is 12.1. The summed E-state index contributed by atoms with van der Waals surface area (Å²) in [7, 11) is 0. The molecule has 0 aliphatic heterocycles. The number of hydrogen-bond acceptors (Lipinski definition) is 2. The monoisotopic (exact) mass is 260 g/mol. The van der Waals surface area contributed by atoms with Gasteiger partial charge in [0.2, 0.25) is 0 Å². The lowest BCUT2D eigenvalue weighted by molar-refractivity contribution is -0.189. The fourth-order valence-corrected chi connectivity index (χ4v) is 3.31. The van der Waals surface area contributed by atoms with Gasteiger partial charge in [-0.05, 0) is 25.7 Å². The maximum atomic E-state index is 12.9. The van der Waals surface area contributed by atoms with Gasteiger partial charge in [0.15, 0.2) is 0 Å². The Morgan fingerprint density at radius 1 is 0.944 bits per heavy atom. The molecule has 0 amide bonds. The van der Waals surface area contributed by atoms with Crippen molar-refractivity contribution in [3.8, 4) is 6.07 Å². The molecule has 1 N–H and O–H groups in total. The number of nitrogens with one attached hydrogen (secondary N) is 1. The van der Waals surface area contributed by atoms with E-state index in [1.807, 2.05) is 0 Å². The van der Waals surface area contributed by atoms with Gasteiger partial charge in [-0.25, -0.2) is 0 Å². The molecule has 0 bridgehead atoms. The van der Waals surface area contributed by atoms with Gasteiger partial charge in [0.1, 0.15) is 0 Å². The van der Waals surface area contributed by atoms with E-state index < -0.39 is 18.1 Å². The van der Waals surface area contributed by atoms with Crippen molar-refractivity contribution >= 4 is 0 Å². The van der Waals surface area contributed by atoms with Crippen LogP contribution in [-0.2, 0) is 0 Å². The molecule has 4 unspecified atom stereocenters. The summed E-state index contributed by atoms with van der Waals surface area (Å²) in [6, 6.07) is 1.69. The van der Waals surface area contributed by atoms with Crippen LogP contribution in [-0.4, -0.2) is 18.3 Å². The highest BCUT2D eigenvalue weighted by molar-refractivity contribution is 4.99. The molecule has 0 aromatic rings. The first-order chi connectivity index (χ1) is 8.52. The molecule has 0 heterocycles. The van der Waals surface area contributed by atoms with Crippen LogP contribution in [0.5, 0.6) is 0 Å². The van der Waals surface area contributed by atoms with Gasteiger partial charge < -0.3 is 5.32 Å². The van der Waals surface area contributed by atoms with Gasteiger partial charge in [-0.3, -0.25) is 0 Å². The molecule has 0 saturated heterocycles. The summed E-state index contributed by atoms with van der Waals surface area (Å²) in [6.07, 6.45) is 0.807. The Hall–Kier alpha value is -0.760. The first-order valence-corrected chi connectivity index (χ1v) is 6.74. The Bertz CT molecular complexity index is 321. The van der Waals surface area contributed by atoms with Crippen LogP contribution in [0.25, 0.3) is 0 Å². The van der Waals surface area contributed by atoms with Crippen molar-refractivity contribution < 1.29 is 13.2 Å². The predicted octanol–water partition coefficient (Wildman–Crippen LogP) is 3.39. The fraction of sp³-hybridized carbons (Fsp3) is 0.923. The van der Waals surface area contributed by atoms with Gasteiger partial charge in [0.25, 0.3) is 0 Å². The van der Waals surface area contributed by atoms with Gasteiger partial charge >= 0.3 is 6.18 Å². The summed E-state index contributed by atoms with van der Waals surface area (Å²) in [4.78, 5) is 0. The normalized spacial score (nSPS) is 37.4. The Kier molecular flexibility index (Phi) is 4.16. The third-order valence-electron chi connectivity index (χ3n) is 4.30. The number of alkyl halides is 3. The van der Waals surface area contributed by atoms with Gasteiger partial charge in [-0.2, -0.15) is 18.4 Å². The van der Waals surface area contributed by atoms with Crippen LogP contribution in [0.3, 0.4) is 0 Å². The minimum absolute atomic E-state index is 0.0389. The molecule has 2 fully saturated rings. The van der Waals surface area contributed by atoms with Crippen LogP contribution in [0, 0.1) is 23.2 Å². The smallest absolute Gasteiger partial charge is 0.309 e. The average molecular weight is 260 g/mol. The molecule has 2 aliphatic rings. The Labute approximate surface area is 106 Å².